The molecule has 0 aliphatic carbocycles. The Hall–Kier alpha value is -0.800. The third kappa shape index (κ3) is 3.52. The van der Waals surface area contributed by atoms with E-state index in [-0.39, 0.29) is 0 Å². The van der Waals surface area contributed by atoms with Crippen LogP contribution in [0.2, 0.25) is 0 Å². The molecule has 1 heterocycles. The maximum absolute atomic E-state index is 8.61. The van der Waals surface area contributed by atoms with E-state index in [1.165, 1.54) is 18.5 Å². The normalized spacial score (nSPS) is 10.7. The van der Waals surface area contributed by atoms with Crippen molar-refractivity contribution in [2.75, 3.05) is 6.61 Å². The maximum atomic E-state index is 8.61. The number of aliphatic hydroxyl groups excluding tert-OH is 1. The van der Waals surface area contributed by atoms with Crippen molar-refractivity contribution >= 4 is 0 Å². The molecular weight excluding hydrogens is 176 g/mol. The summed E-state index contributed by atoms with van der Waals surface area (Å²) in [7, 11) is 0. The Labute approximate surface area is 85.5 Å². The van der Waals surface area contributed by atoms with Crippen molar-refractivity contribution in [2.45, 2.75) is 38.8 Å². The lowest BCUT2D eigenvalue weighted by Crippen LogP contribution is -2.06. The average molecular weight is 196 g/mol. The summed E-state index contributed by atoms with van der Waals surface area (Å²) in [6, 6.07) is 4.10. The lowest BCUT2D eigenvalue weighted by Gasteiger charge is -2.06. The fourth-order valence-corrected chi connectivity index (χ4v) is 1.60. The molecule has 0 saturated carbocycles. The van der Waals surface area contributed by atoms with Gasteiger partial charge in [-0.1, -0.05) is 12.8 Å². The van der Waals surface area contributed by atoms with Gasteiger partial charge in [-0.2, -0.15) is 0 Å². The highest BCUT2D eigenvalue weighted by molar-refractivity contribution is 5.06. The molecule has 1 aromatic heterocycles. The van der Waals surface area contributed by atoms with Gasteiger partial charge in [-0.05, 0) is 25.0 Å². The van der Waals surface area contributed by atoms with Crippen LogP contribution in [-0.4, -0.2) is 16.3 Å². The van der Waals surface area contributed by atoms with Gasteiger partial charge >= 0.3 is 0 Å². The molecule has 3 nitrogen and oxygen atoms in total. The Morgan fingerprint density at radius 1 is 1.21 bits per heavy atom. The number of rotatable bonds is 7. The van der Waals surface area contributed by atoms with E-state index in [9.17, 15) is 0 Å². The monoisotopic (exact) mass is 196 g/mol. The number of hydrogen-bond donors (Lipinski definition) is 2. The first-order valence-corrected chi connectivity index (χ1v) is 5.33. The van der Waals surface area contributed by atoms with E-state index in [1.807, 2.05) is 6.07 Å². The van der Waals surface area contributed by atoms with Crippen molar-refractivity contribution < 1.29 is 5.11 Å². The van der Waals surface area contributed by atoms with Crippen molar-refractivity contribution in [3.8, 4) is 0 Å². The molecule has 0 atom stereocenters. The zero-order valence-corrected chi connectivity index (χ0v) is 8.65. The van der Waals surface area contributed by atoms with Gasteiger partial charge in [-0.3, -0.25) is 0 Å². The lowest BCUT2D eigenvalue weighted by molar-refractivity contribution is 0.282. The van der Waals surface area contributed by atoms with Gasteiger partial charge in [-0.25, -0.2) is 0 Å². The highest BCUT2D eigenvalue weighted by Gasteiger charge is 1.97. The smallest absolute Gasteiger partial charge is 0.0431 e. The van der Waals surface area contributed by atoms with Crippen LogP contribution in [-0.2, 0) is 13.1 Å². The summed E-state index contributed by atoms with van der Waals surface area (Å²) in [6.45, 7) is 1.98. The van der Waals surface area contributed by atoms with Crippen LogP contribution < -0.4 is 5.73 Å². The van der Waals surface area contributed by atoms with Gasteiger partial charge in [0.25, 0.3) is 0 Å². The molecule has 3 N–H and O–H groups in total. The Bertz CT molecular complexity index is 245. The zero-order chi connectivity index (χ0) is 10.2. The van der Waals surface area contributed by atoms with Crippen molar-refractivity contribution in [1.29, 1.82) is 0 Å². The van der Waals surface area contributed by atoms with Crippen molar-refractivity contribution in [3.63, 3.8) is 0 Å². The van der Waals surface area contributed by atoms with Gasteiger partial charge in [0.05, 0.1) is 0 Å². The third-order valence-electron chi connectivity index (χ3n) is 2.44. The van der Waals surface area contributed by atoms with Crippen LogP contribution in [0.3, 0.4) is 0 Å². The molecule has 1 aromatic rings. The van der Waals surface area contributed by atoms with E-state index >= 15 is 0 Å². The Balaban J connectivity index is 2.17. The van der Waals surface area contributed by atoms with Gasteiger partial charge in [-0.15, -0.1) is 0 Å². The van der Waals surface area contributed by atoms with Gasteiger partial charge in [0.1, 0.15) is 0 Å². The summed E-state index contributed by atoms with van der Waals surface area (Å²) in [5.74, 6) is 0. The quantitative estimate of drug-likeness (QED) is 0.649. The zero-order valence-electron chi connectivity index (χ0n) is 8.65. The summed E-state index contributed by atoms with van der Waals surface area (Å²) in [5.41, 5.74) is 6.79. The first-order valence-electron chi connectivity index (χ1n) is 5.33. The SMILES string of the molecule is NCc1cccn1CCCCCCO. The third-order valence-corrected chi connectivity index (χ3v) is 2.44. The number of aromatic nitrogens is 1. The number of nitrogens with zero attached hydrogens (tertiary/aromatic N) is 1. The van der Waals surface area contributed by atoms with Gasteiger partial charge in [0.15, 0.2) is 0 Å². The molecule has 80 valence electrons. The van der Waals surface area contributed by atoms with Gasteiger partial charge in [0.2, 0.25) is 0 Å². The van der Waals surface area contributed by atoms with Crippen molar-refractivity contribution in [3.05, 3.63) is 24.0 Å². The molecular formula is C11H20N2O. The molecule has 0 aliphatic heterocycles. The number of hydrogen-bond acceptors (Lipinski definition) is 2. The molecule has 0 radical (unpaired) electrons. The van der Waals surface area contributed by atoms with Crippen LogP contribution in [0.5, 0.6) is 0 Å². The Morgan fingerprint density at radius 2 is 2.00 bits per heavy atom. The molecule has 0 bridgehead atoms. The molecule has 0 aromatic carbocycles. The minimum atomic E-state index is 0.317. The van der Waals surface area contributed by atoms with Crippen LogP contribution in [0.4, 0.5) is 0 Å². The standard InChI is InChI=1S/C11H20N2O/c12-10-11-6-5-8-13(11)7-3-1-2-4-9-14/h5-6,8,14H,1-4,7,9-10,12H2. The van der Waals surface area contributed by atoms with Gasteiger partial charge < -0.3 is 15.4 Å². The summed E-state index contributed by atoms with van der Waals surface area (Å²) >= 11 is 0. The number of nitrogens with two attached hydrogens (primary N) is 1. The molecule has 1 rings (SSSR count). The molecule has 0 saturated heterocycles. The van der Waals surface area contributed by atoms with E-state index < -0.39 is 0 Å². The number of aryl methyl sites for hydroxylation is 1. The van der Waals surface area contributed by atoms with Crippen LogP contribution in [0.15, 0.2) is 18.3 Å². The molecule has 0 fully saturated rings. The summed E-state index contributed by atoms with van der Waals surface area (Å²) in [6.07, 6.45) is 6.48. The summed E-state index contributed by atoms with van der Waals surface area (Å²) < 4.78 is 2.21. The van der Waals surface area contributed by atoms with E-state index in [4.69, 9.17) is 10.8 Å². The Kier molecular flexibility index (Phi) is 5.33. The Morgan fingerprint density at radius 3 is 2.71 bits per heavy atom. The minimum absolute atomic E-state index is 0.317. The molecule has 3 heteroatoms. The van der Waals surface area contributed by atoms with Crippen LogP contribution >= 0.6 is 0 Å². The second-order valence-electron chi connectivity index (χ2n) is 3.53. The summed E-state index contributed by atoms with van der Waals surface area (Å²) in [5, 5.41) is 8.61. The molecule has 14 heavy (non-hydrogen) atoms. The fraction of sp³-hybridized carbons (Fsp3) is 0.636. The van der Waals surface area contributed by atoms with Crippen LogP contribution in [0, 0.1) is 0 Å². The predicted octanol–water partition coefficient (Wildman–Crippen LogP) is 1.50. The van der Waals surface area contributed by atoms with Crippen molar-refractivity contribution in [2.24, 2.45) is 5.73 Å². The van der Waals surface area contributed by atoms with Gasteiger partial charge in [0, 0.05) is 31.6 Å². The first-order chi connectivity index (χ1) is 6.88. The van der Waals surface area contributed by atoms with E-state index in [0.717, 1.165) is 19.4 Å². The lowest BCUT2D eigenvalue weighted by atomic mass is 10.2. The predicted molar refractivity (Wildman–Crippen MR) is 57.9 cm³/mol. The van der Waals surface area contributed by atoms with E-state index in [2.05, 4.69) is 16.8 Å². The molecule has 0 aliphatic rings. The molecule has 0 unspecified atom stereocenters. The van der Waals surface area contributed by atoms with Crippen LogP contribution in [0.1, 0.15) is 31.4 Å². The average Bonchev–Trinajstić information content (AvgIpc) is 2.65. The maximum Gasteiger partial charge on any atom is 0.0431 e. The largest absolute Gasteiger partial charge is 0.396 e. The molecule has 0 amide bonds. The number of aliphatic hydroxyl groups is 1. The number of unbranched alkanes of at least 4 members (excludes halogenated alkanes) is 3. The van der Waals surface area contributed by atoms with Crippen LogP contribution in [0.25, 0.3) is 0 Å². The van der Waals surface area contributed by atoms with E-state index in [0.29, 0.717) is 13.2 Å². The van der Waals surface area contributed by atoms with E-state index in [1.54, 1.807) is 0 Å². The highest BCUT2D eigenvalue weighted by Crippen LogP contribution is 2.06. The minimum Gasteiger partial charge on any atom is -0.396 e. The second kappa shape index (κ2) is 6.62. The molecule has 0 spiro atoms. The second-order valence-corrected chi connectivity index (χ2v) is 3.53. The van der Waals surface area contributed by atoms with Crippen molar-refractivity contribution in [1.82, 2.24) is 4.57 Å². The first kappa shape index (κ1) is 11.3. The highest BCUT2D eigenvalue weighted by atomic mass is 16.2. The summed E-state index contributed by atoms with van der Waals surface area (Å²) in [4.78, 5) is 0. The topological polar surface area (TPSA) is 51.2 Å². The fourth-order valence-electron chi connectivity index (χ4n) is 1.60.